The van der Waals surface area contributed by atoms with Gasteiger partial charge in [-0.25, -0.2) is 0 Å². The SMILES string of the molecule is COCCn1c(-c2ccc(C)cc2)cc(C(=O)N2CC3(CC(COC)N(C)C3)C2)c1C. The number of amides is 1. The Hall–Kier alpha value is -2.15. The lowest BCUT2D eigenvalue weighted by Gasteiger charge is -2.48. The van der Waals surface area contributed by atoms with Gasteiger partial charge in [-0.15, -0.1) is 0 Å². The fraction of sp³-hybridized carbons (Fsp3) is 0.560. The smallest absolute Gasteiger partial charge is 0.255 e. The summed E-state index contributed by atoms with van der Waals surface area (Å²) in [5, 5.41) is 0. The molecule has 2 aliphatic heterocycles. The molecule has 1 atom stereocenters. The molecule has 31 heavy (non-hydrogen) atoms. The van der Waals surface area contributed by atoms with Crippen molar-refractivity contribution in [2.75, 3.05) is 54.1 Å². The number of aryl methyl sites for hydroxylation is 1. The zero-order chi connectivity index (χ0) is 22.2. The summed E-state index contributed by atoms with van der Waals surface area (Å²) in [6.07, 6.45) is 1.10. The standard InChI is InChI=1S/C25H35N3O3/c1-18-6-8-20(9-7-18)23-12-22(19(2)28(23)10-11-30-4)24(29)27-16-25(17-27)13-21(14-31-5)26(3)15-25/h6-9,12,21H,10-11,13-17H2,1-5H3. The molecule has 2 aliphatic rings. The predicted octanol–water partition coefficient (Wildman–Crippen LogP) is 3.21. The fourth-order valence-electron chi connectivity index (χ4n) is 5.36. The van der Waals surface area contributed by atoms with E-state index in [9.17, 15) is 4.79 Å². The molecule has 1 amide bonds. The summed E-state index contributed by atoms with van der Waals surface area (Å²) < 4.78 is 12.9. The van der Waals surface area contributed by atoms with E-state index in [1.54, 1.807) is 14.2 Å². The van der Waals surface area contributed by atoms with E-state index >= 15 is 0 Å². The van der Waals surface area contributed by atoms with Crippen LogP contribution in [0.25, 0.3) is 11.3 Å². The Labute approximate surface area is 185 Å². The minimum Gasteiger partial charge on any atom is -0.383 e. The van der Waals surface area contributed by atoms with Crippen molar-refractivity contribution in [2.45, 2.75) is 32.9 Å². The van der Waals surface area contributed by atoms with Gasteiger partial charge in [-0.1, -0.05) is 29.8 Å². The molecular weight excluding hydrogens is 390 g/mol. The van der Waals surface area contributed by atoms with Gasteiger partial charge in [0.05, 0.1) is 18.8 Å². The number of benzene rings is 1. The van der Waals surface area contributed by atoms with Crippen LogP contribution in [0.3, 0.4) is 0 Å². The molecule has 1 aromatic heterocycles. The molecule has 4 rings (SSSR count). The Morgan fingerprint density at radius 1 is 1.10 bits per heavy atom. The van der Waals surface area contributed by atoms with Gasteiger partial charge < -0.3 is 23.8 Å². The van der Waals surface area contributed by atoms with Crippen LogP contribution in [-0.4, -0.2) is 80.4 Å². The lowest BCUT2D eigenvalue weighted by Crippen LogP contribution is -2.59. The molecule has 1 unspecified atom stereocenters. The minimum atomic E-state index is 0.144. The zero-order valence-electron chi connectivity index (χ0n) is 19.5. The minimum absolute atomic E-state index is 0.144. The van der Waals surface area contributed by atoms with Crippen molar-refractivity contribution in [1.29, 1.82) is 0 Å². The van der Waals surface area contributed by atoms with Crippen LogP contribution in [-0.2, 0) is 16.0 Å². The molecule has 6 heteroatoms. The molecule has 0 bridgehead atoms. The fourth-order valence-corrected chi connectivity index (χ4v) is 5.36. The first-order valence-corrected chi connectivity index (χ1v) is 11.1. The van der Waals surface area contributed by atoms with E-state index < -0.39 is 0 Å². The summed E-state index contributed by atoms with van der Waals surface area (Å²) in [7, 11) is 5.64. The second-order valence-corrected chi connectivity index (χ2v) is 9.43. The number of hydrogen-bond donors (Lipinski definition) is 0. The second-order valence-electron chi connectivity index (χ2n) is 9.43. The number of rotatable bonds is 7. The van der Waals surface area contributed by atoms with Gasteiger partial charge in [-0.05, 0) is 38.9 Å². The first kappa shape index (κ1) is 22.1. The number of ether oxygens (including phenoxy) is 2. The number of carbonyl (C=O) groups excluding carboxylic acids is 1. The summed E-state index contributed by atoms with van der Waals surface area (Å²) >= 11 is 0. The number of hydrogen-bond acceptors (Lipinski definition) is 4. The van der Waals surface area contributed by atoms with Crippen LogP contribution in [0.15, 0.2) is 30.3 Å². The van der Waals surface area contributed by atoms with Gasteiger partial charge in [0, 0.05) is 63.2 Å². The first-order valence-electron chi connectivity index (χ1n) is 11.1. The van der Waals surface area contributed by atoms with Gasteiger partial charge in [0.2, 0.25) is 0 Å². The van der Waals surface area contributed by atoms with Crippen molar-refractivity contribution in [2.24, 2.45) is 5.41 Å². The molecule has 2 fully saturated rings. The molecule has 2 aromatic rings. The van der Waals surface area contributed by atoms with E-state index in [-0.39, 0.29) is 11.3 Å². The van der Waals surface area contributed by atoms with Gasteiger partial charge in [0.25, 0.3) is 5.91 Å². The van der Waals surface area contributed by atoms with Gasteiger partial charge in [-0.3, -0.25) is 4.79 Å². The highest BCUT2D eigenvalue weighted by atomic mass is 16.5. The van der Waals surface area contributed by atoms with E-state index in [0.29, 0.717) is 12.6 Å². The van der Waals surface area contributed by atoms with E-state index in [2.05, 4.69) is 53.8 Å². The predicted molar refractivity (Wildman–Crippen MR) is 122 cm³/mol. The molecule has 3 heterocycles. The quantitative estimate of drug-likeness (QED) is 0.684. The molecular formula is C25H35N3O3. The lowest BCUT2D eigenvalue weighted by atomic mass is 9.77. The van der Waals surface area contributed by atoms with Crippen LogP contribution in [0.4, 0.5) is 0 Å². The average Bonchev–Trinajstić information content (AvgIpc) is 3.23. The average molecular weight is 426 g/mol. The highest BCUT2D eigenvalue weighted by molar-refractivity contribution is 5.97. The van der Waals surface area contributed by atoms with Gasteiger partial charge in [-0.2, -0.15) is 0 Å². The Bertz CT molecular complexity index is 928. The number of aromatic nitrogens is 1. The van der Waals surface area contributed by atoms with Crippen LogP contribution < -0.4 is 0 Å². The third-order valence-corrected chi connectivity index (χ3v) is 7.04. The topological polar surface area (TPSA) is 46.9 Å². The van der Waals surface area contributed by atoms with Crippen LogP contribution in [0.5, 0.6) is 0 Å². The van der Waals surface area contributed by atoms with Crippen molar-refractivity contribution < 1.29 is 14.3 Å². The number of methoxy groups -OCH3 is 2. The lowest BCUT2D eigenvalue weighted by molar-refractivity contribution is 0.0112. The first-order chi connectivity index (χ1) is 14.9. The highest BCUT2D eigenvalue weighted by Gasteiger charge is 2.52. The number of nitrogens with zero attached hydrogens (tertiary/aromatic N) is 3. The maximum atomic E-state index is 13.4. The monoisotopic (exact) mass is 425 g/mol. The van der Waals surface area contributed by atoms with E-state index in [1.165, 1.54) is 5.56 Å². The normalized spacial score (nSPS) is 20.4. The van der Waals surface area contributed by atoms with Crippen molar-refractivity contribution in [3.05, 3.63) is 47.2 Å². The van der Waals surface area contributed by atoms with Gasteiger partial charge in [0.15, 0.2) is 0 Å². The van der Waals surface area contributed by atoms with E-state index in [4.69, 9.17) is 9.47 Å². The summed E-state index contributed by atoms with van der Waals surface area (Å²) in [5.74, 6) is 0.144. The maximum absolute atomic E-state index is 13.4. The molecule has 2 saturated heterocycles. The molecule has 1 spiro atoms. The largest absolute Gasteiger partial charge is 0.383 e. The number of carbonyl (C=O) groups is 1. The van der Waals surface area contributed by atoms with Crippen LogP contribution in [0.1, 0.15) is 28.0 Å². The third-order valence-electron chi connectivity index (χ3n) is 7.04. The van der Waals surface area contributed by atoms with Crippen molar-refractivity contribution in [3.63, 3.8) is 0 Å². The van der Waals surface area contributed by atoms with Crippen molar-refractivity contribution >= 4 is 5.91 Å². The summed E-state index contributed by atoms with van der Waals surface area (Å²) in [5.41, 5.74) is 5.48. The zero-order valence-corrected chi connectivity index (χ0v) is 19.5. The Morgan fingerprint density at radius 3 is 2.45 bits per heavy atom. The Morgan fingerprint density at radius 2 is 1.81 bits per heavy atom. The number of likely N-dealkylation sites (tertiary alicyclic amines) is 2. The Balaban J connectivity index is 1.54. The molecule has 0 radical (unpaired) electrons. The van der Waals surface area contributed by atoms with Crippen LogP contribution in [0, 0.1) is 19.3 Å². The molecule has 0 saturated carbocycles. The highest BCUT2D eigenvalue weighted by Crippen LogP contribution is 2.43. The van der Waals surface area contributed by atoms with E-state index in [0.717, 1.165) is 61.7 Å². The van der Waals surface area contributed by atoms with Gasteiger partial charge in [0.1, 0.15) is 0 Å². The Kier molecular flexibility index (Phi) is 6.24. The van der Waals surface area contributed by atoms with Crippen molar-refractivity contribution in [1.82, 2.24) is 14.4 Å². The molecule has 0 aliphatic carbocycles. The maximum Gasteiger partial charge on any atom is 0.255 e. The summed E-state index contributed by atoms with van der Waals surface area (Å²) in [4.78, 5) is 17.8. The molecule has 1 aromatic carbocycles. The van der Waals surface area contributed by atoms with Crippen LogP contribution >= 0.6 is 0 Å². The molecule has 168 valence electrons. The summed E-state index contributed by atoms with van der Waals surface area (Å²) in [6.45, 7) is 8.94. The van der Waals surface area contributed by atoms with Crippen molar-refractivity contribution in [3.8, 4) is 11.3 Å². The number of likely N-dealkylation sites (N-methyl/N-ethyl adjacent to an activating group) is 1. The summed E-state index contributed by atoms with van der Waals surface area (Å²) in [6, 6.07) is 11.0. The molecule has 0 N–H and O–H groups in total. The van der Waals surface area contributed by atoms with E-state index in [1.807, 2.05) is 11.8 Å². The van der Waals surface area contributed by atoms with Crippen LogP contribution in [0.2, 0.25) is 0 Å². The second kappa shape index (κ2) is 8.77. The molecule has 6 nitrogen and oxygen atoms in total. The third kappa shape index (κ3) is 4.16. The van der Waals surface area contributed by atoms with Gasteiger partial charge >= 0.3 is 0 Å².